The molecule has 2 heterocycles. The fourth-order valence-corrected chi connectivity index (χ4v) is 3.28. The fourth-order valence-electron chi connectivity index (χ4n) is 3.02. The van der Waals surface area contributed by atoms with E-state index in [0.717, 1.165) is 24.1 Å². The number of urea groups is 1. The summed E-state index contributed by atoms with van der Waals surface area (Å²) in [5.41, 5.74) is 8.78. The Morgan fingerprint density at radius 3 is 2.88 bits per heavy atom. The molecule has 130 valence electrons. The third kappa shape index (κ3) is 2.95. The number of halogens is 1. The number of nitrogen functional groups attached to an aromatic ring is 1. The zero-order chi connectivity index (χ0) is 17.6. The van der Waals surface area contributed by atoms with E-state index in [1.54, 1.807) is 18.1 Å². The molecule has 1 aromatic heterocycles. The van der Waals surface area contributed by atoms with Crippen LogP contribution < -0.4 is 15.8 Å². The van der Waals surface area contributed by atoms with E-state index in [1.165, 1.54) is 0 Å². The molecular weight excluding hydrogens is 342 g/mol. The van der Waals surface area contributed by atoms with E-state index in [4.69, 9.17) is 22.1 Å². The molecule has 0 atom stereocenters. The summed E-state index contributed by atoms with van der Waals surface area (Å²) < 4.78 is 5.44. The zero-order valence-corrected chi connectivity index (χ0v) is 14.5. The van der Waals surface area contributed by atoms with Gasteiger partial charge in [0.15, 0.2) is 0 Å². The van der Waals surface area contributed by atoms with Crippen LogP contribution in [-0.4, -0.2) is 34.1 Å². The Balaban J connectivity index is 1.74. The van der Waals surface area contributed by atoms with Gasteiger partial charge in [-0.25, -0.2) is 14.8 Å². The third-order valence-corrected chi connectivity index (χ3v) is 4.74. The molecule has 0 bridgehead atoms. The summed E-state index contributed by atoms with van der Waals surface area (Å²) in [6.45, 7) is 0.818. The smallest absolute Gasteiger partial charge is 0.318 e. The van der Waals surface area contributed by atoms with Gasteiger partial charge in [0.2, 0.25) is 5.95 Å². The maximum atomic E-state index is 12.4. The molecule has 0 spiro atoms. The standard InChI is InChI=1S/C17H18ClN5O2/c1-25-13-4-2-3-11(18)14(13)15-10-7-23(17(24)20-9-5-6-9)8-12(10)21-16(19)22-15/h2-4,9H,5-8H2,1H3,(H,20,24)(H2,19,21,22). The van der Waals surface area contributed by atoms with Gasteiger partial charge in [0, 0.05) is 11.6 Å². The number of amides is 2. The number of aromatic nitrogens is 2. The van der Waals surface area contributed by atoms with E-state index in [-0.39, 0.29) is 12.0 Å². The van der Waals surface area contributed by atoms with Gasteiger partial charge in [-0.05, 0) is 25.0 Å². The quantitative estimate of drug-likeness (QED) is 0.878. The second kappa shape index (κ2) is 6.07. The predicted octanol–water partition coefficient (Wildman–Crippen LogP) is 2.58. The van der Waals surface area contributed by atoms with Crippen molar-refractivity contribution >= 4 is 23.6 Å². The van der Waals surface area contributed by atoms with Crippen LogP contribution in [0.25, 0.3) is 11.3 Å². The summed E-state index contributed by atoms with van der Waals surface area (Å²) >= 11 is 6.40. The highest BCUT2D eigenvalue weighted by Gasteiger charge is 2.32. The summed E-state index contributed by atoms with van der Waals surface area (Å²) in [4.78, 5) is 22.8. The maximum absolute atomic E-state index is 12.4. The van der Waals surface area contributed by atoms with E-state index < -0.39 is 0 Å². The van der Waals surface area contributed by atoms with Crippen molar-refractivity contribution in [2.45, 2.75) is 32.0 Å². The van der Waals surface area contributed by atoms with Crippen molar-refractivity contribution in [3.8, 4) is 17.0 Å². The first-order chi connectivity index (χ1) is 12.1. The van der Waals surface area contributed by atoms with Gasteiger partial charge in [-0.2, -0.15) is 0 Å². The summed E-state index contributed by atoms with van der Waals surface area (Å²) in [5, 5.41) is 3.51. The average Bonchev–Trinajstić information content (AvgIpc) is 3.29. The minimum atomic E-state index is -0.0869. The lowest BCUT2D eigenvalue weighted by Gasteiger charge is -2.16. The Bertz CT molecular complexity index is 853. The van der Waals surface area contributed by atoms with E-state index in [0.29, 0.717) is 41.2 Å². The van der Waals surface area contributed by atoms with Crippen LogP contribution in [0.3, 0.4) is 0 Å². The van der Waals surface area contributed by atoms with Crippen molar-refractivity contribution in [1.82, 2.24) is 20.2 Å². The number of benzene rings is 1. The number of carbonyl (C=O) groups is 1. The third-order valence-electron chi connectivity index (χ3n) is 4.42. The van der Waals surface area contributed by atoms with Crippen LogP contribution in [0.1, 0.15) is 24.1 Å². The van der Waals surface area contributed by atoms with Gasteiger partial charge in [-0.3, -0.25) is 0 Å². The summed E-state index contributed by atoms with van der Waals surface area (Å²) in [6.07, 6.45) is 2.09. The number of anilines is 1. The van der Waals surface area contributed by atoms with Crippen molar-refractivity contribution in [2.24, 2.45) is 0 Å². The molecule has 1 fully saturated rings. The van der Waals surface area contributed by atoms with Crippen LogP contribution in [0.4, 0.5) is 10.7 Å². The highest BCUT2D eigenvalue weighted by atomic mass is 35.5. The van der Waals surface area contributed by atoms with E-state index >= 15 is 0 Å². The lowest BCUT2D eigenvalue weighted by atomic mass is 10.0. The van der Waals surface area contributed by atoms with Crippen molar-refractivity contribution in [1.29, 1.82) is 0 Å². The van der Waals surface area contributed by atoms with Crippen LogP contribution in [-0.2, 0) is 13.1 Å². The van der Waals surface area contributed by atoms with E-state index in [2.05, 4.69) is 15.3 Å². The van der Waals surface area contributed by atoms with Crippen LogP contribution in [0.15, 0.2) is 18.2 Å². The van der Waals surface area contributed by atoms with Crippen LogP contribution >= 0.6 is 11.6 Å². The van der Waals surface area contributed by atoms with Gasteiger partial charge in [0.25, 0.3) is 0 Å². The maximum Gasteiger partial charge on any atom is 0.318 e. The van der Waals surface area contributed by atoms with Crippen LogP contribution in [0.2, 0.25) is 5.02 Å². The monoisotopic (exact) mass is 359 g/mol. The van der Waals surface area contributed by atoms with Gasteiger partial charge in [-0.1, -0.05) is 17.7 Å². The molecule has 0 saturated heterocycles. The lowest BCUT2D eigenvalue weighted by Crippen LogP contribution is -2.37. The molecule has 4 rings (SSSR count). The molecule has 2 aromatic rings. The van der Waals surface area contributed by atoms with Crippen molar-refractivity contribution in [2.75, 3.05) is 12.8 Å². The second-order valence-corrected chi connectivity index (χ2v) is 6.66. The zero-order valence-electron chi connectivity index (χ0n) is 13.8. The Labute approximate surface area is 150 Å². The SMILES string of the molecule is COc1cccc(Cl)c1-c1nc(N)nc2c1CN(C(=O)NC1CC1)C2. The molecule has 7 nitrogen and oxygen atoms in total. The highest BCUT2D eigenvalue weighted by molar-refractivity contribution is 6.33. The number of carbonyl (C=O) groups excluding carboxylic acids is 1. The molecule has 1 aliphatic carbocycles. The van der Waals surface area contributed by atoms with Gasteiger partial charge >= 0.3 is 6.03 Å². The van der Waals surface area contributed by atoms with E-state index in [1.807, 2.05) is 12.1 Å². The molecule has 0 unspecified atom stereocenters. The van der Waals surface area contributed by atoms with Crippen LogP contribution in [0, 0.1) is 0 Å². The summed E-state index contributed by atoms with van der Waals surface area (Å²) in [6, 6.07) is 5.62. The average molecular weight is 360 g/mol. The minimum Gasteiger partial charge on any atom is -0.496 e. The molecule has 25 heavy (non-hydrogen) atoms. The number of ether oxygens (including phenoxy) is 1. The van der Waals surface area contributed by atoms with Crippen molar-refractivity contribution in [3.05, 3.63) is 34.5 Å². The molecule has 3 N–H and O–H groups in total. The first-order valence-corrected chi connectivity index (χ1v) is 8.48. The molecule has 1 aliphatic heterocycles. The number of nitrogens with two attached hydrogens (primary N) is 1. The molecule has 1 saturated carbocycles. The van der Waals surface area contributed by atoms with Gasteiger partial charge in [0.1, 0.15) is 5.75 Å². The number of hydrogen-bond acceptors (Lipinski definition) is 5. The Morgan fingerprint density at radius 1 is 1.36 bits per heavy atom. The fraction of sp³-hybridized carbons (Fsp3) is 0.353. The second-order valence-electron chi connectivity index (χ2n) is 6.25. The lowest BCUT2D eigenvalue weighted by molar-refractivity contribution is 0.197. The van der Waals surface area contributed by atoms with Gasteiger partial charge in [-0.15, -0.1) is 0 Å². The number of rotatable bonds is 3. The van der Waals surface area contributed by atoms with Crippen molar-refractivity contribution in [3.63, 3.8) is 0 Å². The summed E-state index contributed by atoms with van der Waals surface area (Å²) in [5.74, 6) is 0.758. The first kappa shape index (κ1) is 16.0. The predicted molar refractivity (Wildman–Crippen MR) is 94.2 cm³/mol. The minimum absolute atomic E-state index is 0.0869. The normalized spacial score (nSPS) is 15.8. The molecule has 2 aliphatic rings. The highest BCUT2D eigenvalue weighted by Crippen LogP contribution is 2.40. The van der Waals surface area contributed by atoms with Gasteiger partial charge < -0.3 is 20.7 Å². The molecule has 1 aromatic carbocycles. The Morgan fingerprint density at radius 2 is 2.16 bits per heavy atom. The molecular formula is C17H18ClN5O2. The number of nitrogens with zero attached hydrogens (tertiary/aromatic N) is 3. The molecule has 2 amide bonds. The number of methoxy groups -OCH3 is 1. The molecule has 8 heteroatoms. The Hall–Kier alpha value is -2.54. The Kier molecular flexibility index (Phi) is 3.88. The molecule has 0 radical (unpaired) electrons. The number of fused-ring (bicyclic) bond motifs is 1. The first-order valence-electron chi connectivity index (χ1n) is 8.10. The number of hydrogen-bond donors (Lipinski definition) is 2. The van der Waals surface area contributed by atoms with Crippen LogP contribution in [0.5, 0.6) is 5.75 Å². The van der Waals surface area contributed by atoms with Gasteiger partial charge in [0.05, 0.1) is 42.2 Å². The summed E-state index contributed by atoms with van der Waals surface area (Å²) in [7, 11) is 1.58. The topological polar surface area (TPSA) is 93.4 Å². The number of nitrogens with one attached hydrogen (secondary N) is 1. The van der Waals surface area contributed by atoms with E-state index in [9.17, 15) is 4.79 Å². The van der Waals surface area contributed by atoms with Crippen molar-refractivity contribution < 1.29 is 9.53 Å². The largest absolute Gasteiger partial charge is 0.496 e.